The Labute approximate surface area is 67.7 Å². The normalized spacial score (nSPS) is 29.0. The Morgan fingerprint density at radius 2 is 2.45 bits per heavy atom. The largest absolute Gasteiger partial charge is 0.352 e. The summed E-state index contributed by atoms with van der Waals surface area (Å²) < 4.78 is 0. The summed E-state index contributed by atoms with van der Waals surface area (Å²) >= 11 is 0. The smallest absolute Gasteiger partial charge is 0.225 e. The third kappa shape index (κ3) is 1.62. The Bertz CT molecular complexity index is 165. The van der Waals surface area contributed by atoms with Crippen LogP contribution in [0.2, 0.25) is 0 Å². The minimum atomic E-state index is 0.224. The molecule has 0 aromatic carbocycles. The number of rotatable bonds is 4. The SMILES string of the molecule is C=CCC[C@@H]1NC(=O)[C@H]1CC. The third-order valence-electron chi connectivity index (χ3n) is 2.27. The summed E-state index contributed by atoms with van der Waals surface area (Å²) in [5.74, 6) is 0.497. The number of nitrogens with one attached hydrogen (secondary N) is 1. The second-order valence-corrected chi connectivity index (χ2v) is 3.00. The van der Waals surface area contributed by atoms with Gasteiger partial charge in [0.15, 0.2) is 0 Å². The molecule has 2 atom stereocenters. The van der Waals surface area contributed by atoms with Crippen molar-refractivity contribution in [1.82, 2.24) is 5.32 Å². The van der Waals surface area contributed by atoms with Crippen LogP contribution in [0.15, 0.2) is 12.7 Å². The van der Waals surface area contributed by atoms with E-state index in [4.69, 9.17) is 0 Å². The highest BCUT2D eigenvalue weighted by molar-refractivity contribution is 5.85. The molecule has 0 aliphatic carbocycles. The van der Waals surface area contributed by atoms with Crippen molar-refractivity contribution in [2.75, 3.05) is 0 Å². The minimum absolute atomic E-state index is 0.224. The summed E-state index contributed by atoms with van der Waals surface area (Å²) in [6, 6.07) is 0.422. The molecule has 0 unspecified atom stereocenters. The van der Waals surface area contributed by atoms with Gasteiger partial charge in [0, 0.05) is 6.04 Å². The van der Waals surface area contributed by atoms with E-state index in [2.05, 4.69) is 18.8 Å². The van der Waals surface area contributed by atoms with Crippen molar-refractivity contribution >= 4 is 5.91 Å². The maximum Gasteiger partial charge on any atom is 0.225 e. The van der Waals surface area contributed by atoms with E-state index in [1.165, 1.54) is 0 Å². The fourth-order valence-electron chi connectivity index (χ4n) is 1.52. The van der Waals surface area contributed by atoms with Crippen LogP contribution in [0.1, 0.15) is 26.2 Å². The Kier molecular flexibility index (Phi) is 2.69. The zero-order chi connectivity index (χ0) is 8.27. The van der Waals surface area contributed by atoms with Gasteiger partial charge >= 0.3 is 0 Å². The van der Waals surface area contributed by atoms with Gasteiger partial charge in [-0.05, 0) is 19.3 Å². The molecule has 0 spiro atoms. The molecule has 1 saturated heterocycles. The number of β-lactam (4-membered cyclic amide) rings is 1. The fourth-order valence-corrected chi connectivity index (χ4v) is 1.52. The molecule has 1 aliphatic heterocycles. The van der Waals surface area contributed by atoms with Crippen LogP contribution in [0.25, 0.3) is 0 Å². The molecule has 1 heterocycles. The third-order valence-corrected chi connectivity index (χ3v) is 2.27. The van der Waals surface area contributed by atoms with Gasteiger partial charge in [-0.1, -0.05) is 13.0 Å². The average molecular weight is 153 g/mol. The fraction of sp³-hybridized carbons (Fsp3) is 0.667. The van der Waals surface area contributed by atoms with Crippen molar-refractivity contribution in [2.24, 2.45) is 5.92 Å². The van der Waals surface area contributed by atoms with Crippen molar-refractivity contribution < 1.29 is 4.79 Å². The van der Waals surface area contributed by atoms with E-state index in [1.54, 1.807) is 0 Å². The zero-order valence-corrected chi connectivity index (χ0v) is 6.97. The predicted octanol–water partition coefficient (Wildman–Crippen LogP) is 1.48. The van der Waals surface area contributed by atoms with Crippen molar-refractivity contribution in [1.29, 1.82) is 0 Å². The molecule has 1 amide bonds. The van der Waals surface area contributed by atoms with Gasteiger partial charge in [0.05, 0.1) is 5.92 Å². The van der Waals surface area contributed by atoms with Gasteiger partial charge in [0.1, 0.15) is 0 Å². The lowest BCUT2D eigenvalue weighted by Crippen LogP contribution is -2.57. The molecule has 1 fully saturated rings. The molecule has 1 rings (SSSR count). The molecule has 0 aromatic rings. The van der Waals surface area contributed by atoms with Crippen LogP contribution < -0.4 is 5.32 Å². The van der Waals surface area contributed by atoms with Crippen molar-refractivity contribution in [3.05, 3.63) is 12.7 Å². The van der Waals surface area contributed by atoms with Gasteiger partial charge in [-0.25, -0.2) is 0 Å². The standard InChI is InChI=1S/C9H15NO/c1-3-5-6-8-7(4-2)9(11)10-8/h3,7-8H,1,4-6H2,2H3,(H,10,11)/t7-,8-/m0/s1. The molecule has 62 valence electrons. The van der Waals surface area contributed by atoms with Crippen LogP contribution in [0.4, 0.5) is 0 Å². The van der Waals surface area contributed by atoms with E-state index in [0.717, 1.165) is 19.3 Å². The molecule has 2 nitrogen and oxygen atoms in total. The van der Waals surface area contributed by atoms with E-state index >= 15 is 0 Å². The molecule has 0 aromatic heterocycles. The van der Waals surface area contributed by atoms with Gasteiger partial charge in [0.25, 0.3) is 0 Å². The van der Waals surface area contributed by atoms with Gasteiger partial charge in [0.2, 0.25) is 5.91 Å². The second-order valence-electron chi connectivity index (χ2n) is 3.00. The van der Waals surface area contributed by atoms with Gasteiger partial charge in [-0.2, -0.15) is 0 Å². The van der Waals surface area contributed by atoms with E-state index in [0.29, 0.717) is 6.04 Å². The minimum Gasteiger partial charge on any atom is -0.352 e. The number of allylic oxidation sites excluding steroid dienone is 1. The maximum absolute atomic E-state index is 10.9. The lowest BCUT2D eigenvalue weighted by molar-refractivity contribution is -0.135. The van der Waals surface area contributed by atoms with E-state index in [1.807, 2.05) is 6.08 Å². The average Bonchev–Trinajstić information content (AvgIpc) is 1.98. The van der Waals surface area contributed by atoms with Crippen LogP contribution in [0.3, 0.4) is 0 Å². The molecular formula is C9H15NO. The Balaban J connectivity index is 2.26. The lowest BCUT2D eigenvalue weighted by Gasteiger charge is -2.36. The van der Waals surface area contributed by atoms with Crippen molar-refractivity contribution in [3.8, 4) is 0 Å². The molecule has 1 aliphatic rings. The Hall–Kier alpha value is -0.790. The van der Waals surface area contributed by atoms with E-state index < -0.39 is 0 Å². The number of amides is 1. The summed E-state index contributed by atoms with van der Waals surface area (Å²) in [5.41, 5.74) is 0. The first kappa shape index (κ1) is 8.31. The van der Waals surface area contributed by atoms with Crippen LogP contribution in [0, 0.1) is 5.92 Å². The zero-order valence-electron chi connectivity index (χ0n) is 6.97. The number of hydrogen-bond acceptors (Lipinski definition) is 1. The quantitative estimate of drug-likeness (QED) is 0.481. The summed E-state index contributed by atoms with van der Waals surface area (Å²) in [6.07, 6.45) is 4.92. The maximum atomic E-state index is 10.9. The predicted molar refractivity (Wildman–Crippen MR) is 45.1 cm³/mol. The van der Waals surface area contributed by atoms with Crippen LogP contribution in [-0.2, 0) is 4.79 Å². The highest BCUT2D eigenvalue weighted by atomic mass is 16.2. The first-order valence-electron chi connectivity index (χ1n) is 4.20. The molecule has 2 heteroatoms. The Morgan fingerprint density at radius 1 is 1.73 bits per heavy atom. The first-order chi connectivity index (χ1) is 5.29. The summed E-state index contributed by atoms with van der Waals surface area (Å²) in [6.45, 7) is 5.71. The number of hydrogen-bond donors (Lipinski definition) is 1. The highest BCUT2D eigenvalue weighted by Gasteiger charge is 2.36. The first-order valence-corrected chi connectivity index (χ1v) is 4.20. The molecule has 1 N–H and O–H groups in total. The van der Waals surface area contributed by atoms with Gasteiger partial charge < -0.3 is 5.32 Å². The molecule has 11 heavy (non-hydrogen) atoms. The lowest BCUT2D eigenvalue weighted by atomic mass is 9.85. The molecular weight excluding hydrogens is 138 g/mol. The number of carbonyl (C=O) groups is 1. The molecule has 0 radical (unpaired) electrons. The monoisotopic (exact) mass is 153 g/mol. The van der Waals surface area contributed by atoms with Crippen molar-refractivity contribution in [2.45, 2.75) is 32.2 Å². The molecule has 0 saturated carbocycles. The molecule has 0 bridgehead atoms. The Morgan fingerprint density at radius 3 is 2.91 bits per heavy atom. The van der Waals surface area contributed by atoms with Gasteiger partial charge in [-0.3, -0.25) is 4.79 Å². The van der Waals surface area contributed by atoms with Crippen molar-refractivity contribution in [3.63, 3.8) is 0 Å². The van der Waals surface area contributed by atoms with Gasteiger partial charge in [-0.15, -0.1) is 6.58 Å². The van der Waals surface area contributed by atoms with Crippen LogP contribution in [0.5, 0.6) is 0 Å². The highest BCUT2D eigenvalue weighted by Crippen LogP contribution is 2.22. The summed E-state index contributed by atoms with van der Waals surface area (Å²) in [4.78, 5) is 10.9. The summed E-state index contributed by atoms with van der Waals surface area (Å²) in [5, 5.41) is 2.89. The number of carbonyl (C=O) groups excluding carboxylic acids is 1. The van der Waals surface area contributed by atoms with E-state index in [-0.39, 0.29) is 11.8 Å². The van der Waals surface area contributed by atoms with Crippen LogP contribution in [-0.4, -0.2) is 11.9 Å². The summed E-state index contributed by atoms with van der Waals surface area (Å²) in [7, 11) is 0. The second kappa shape index (κ2) is 3.56. The topological polar surface area (TPSA) is 29.1 Å². The van der Waals surface area contributed by atoms with Crippen LogP contribution >= 0.6 is 0 Å². The van der Waals surface area contributed by atoms with E-state index in [9.17, 15) is 4.79 Å².